The molecule has 0 aliphatic heterocycles. The molecule has 2 heteroatoms. The van der Waals surface area contributed by atoms with Crippen LogP contribution < -0.4 is 8.79 Å². The van der Waals surface area contributed by atoms with Crippen molar-refractivity contribution in [1.29, 1.82) is 0 Å². The molecule has 0 atom stereocenters. The Labute approximate surface area is 371 Å². The van der Waals surface area contributed by atoms with Crippen LogP contribution in [0.1, 0.15) is 284 Å². The molecule has 0 unspecified atom stereocenters. The maximum atomic E-state index is 3.00. The zero-order valence-corrected chi connectivity index (χ0v) is 44.4. The first-order valence-electron chi connectivity index (χ1n) is 26.0. The molecule has 6 rings (SSSR count). The molecule has 0 saturated heterocycles. The van der Waals surface area contributed by atoms with E-state index in [1.165, 1.54) is 128 Å². The van der Waals surface area contributed by atoms with Crippen molar-refractivity contribution in [3.8, 4) is 0 Å². The summed E-state index contributed by atoms with van der Waals surface area (Å²) in [5, 5.41) is 0. The van der Waals surface area contributed by atoms with Crippen LogP contribution in [-0.2, 0) is 43.3 Å². The molecule has 0 spiro atoms. The molecule has 1 radical (unpaired) electrons. The van der Waals surface area contributed by atoms with Crippen LogP contribution in [0.15, 0.2) is 12.1 Å². The molecule has 4 aliphatic rings. The van der Waals surface area contributed by atoms with E-state index in [0.29, 0.717) is 0 Å². The Morgan fingerprint density at radius 2 is 0.458 bits per heavy atom. The molecule has 59 heavy (non-hydrogen) atoms. The van der Waals surface area contributed by atoms with Gasteiger partial charge in [0.2, 0.25) is 0 Å². The van der Waals surface area contributed by atoms with Gasteiger partial charge in [-0.05, 0) is 0 Å². The summed E-state index contributed by atoms with van der Waals surface area (Å²) in [6.07, 6.45) is 25.9. The van der Waals surface area contributed by atoms with Crippen molar-refractivity contribution in [2.24, 2.45) is 0 Å². The third-order valence-electron chi connectivity index (χ3n) is 21.3. The Hall–Kier alpha value is -1.06. The van der Waals surface area contributed by atoms with Crippen LogP contribution in [0.2, 0.25) is 5.76 Å². The van der Waals surface area contributed by atoms with Crippen molar-refractivity contribution < 1.29 is 5.48 Å². The van der Waals surface area contributed by atoms with Crippen LogP contribution in [0, 0.1) is 0 Å². The van der Waals surface area contributed by atoms with Crippen molar-refractivity contribution in [1.82, 2.24) is 0 Å². The van der Waals surface area contributed by atoms with Gasteiger partial charge >= 0.3 is 368 Å². The second-order valence-electron chi connectivity index (χ2n) is 21.4. The normalized spacial score (nSPS) is 22.5. The molecule has 333 valence electrons. The number of rotatable bonds is 18. The molecule has 0 heterocycles. The smallest absolute Gasteiger partial charge is 0.412 e. The minimum atomic E-state index is -2.31. The molecule has 0 aromatic heterocycles. The van der Waals surface area contributed by atoms with Crippen molar-refractivity contribution in [3.05, 3.63) is 56.6 Å². The second-order valence-corrected chi connectivity index (χ2v) is 26.1. The zero-order valence-electron chi connectivity index (χ0n) is 42.3. The van der Waals surface area contributed by atoms with E-state index in [0.717, 1.165) is 0 Å². The molecule has 0 saturated carbocycles. The van der Waals surface area contributed by atoms with Gasteiger partial charge < -0.3 is 5.48 Å². The molecule has 1 nitrogen and oxygen atoms in total. The van der Waals surface area contributed by atoms with E-state index in [9.17, 15) is 0 Å². The van der Waals surface area contributed by atoms with Crippen molar-refractivity contribution in [2.45, 2.75) is 288 Å². The van der Waals surface area contributed by atoms with Crippen molar-refractivity contribution in [3.63, 3.8) is 0 Å². The minimum Gasteiger partial charge on any atom is -0.412 e. The van der Waals surface area contributed by atoms with E-state index >= 15 is 0 Å². The predicted octanol–water partition coefficient (Wildman–Crippen LogP) is 15.2. The summed E-state index contributed by atoms with van der Waals surface area (Å²) >= 11 is -2.31. The number of fused-ring (bicyclic) bond motifs is 4. The number of benzene rings is 2. The summed E-state index contributed by atoms with van der Waals surface area (Å²) in [6.45, 7) is 41.3. The van der Waals surface area contributed by atoms with Gasteiger partial charge in [0.15, 0.2) is 0 Å². The van der Waals surface area contributed by atoms with Gasteiger partial charge in [0.05, 0.1) is 0 Å². The van der Waals surface area contributed by atoms with Crippen LogP contribution in [0.5, 0.6) is 0 Å². The summed E-state index contributed by atoms with van der Waals surface area (Å²) in [7, 11) is 0. The largest absolute Gasteiger partial charge is 0.412 e. The fourth-order valence-corrected chi connectivity index (χ4v) is 23.4. The predicted molar refractivity (Wildman–Crippen MR) is 264 cm³/mol. The maximum absolute atomic E-state index is 3.00. The Kier molecular flexibility index (Phi) is 14.2. The average Bonchev–Trinajstić information content (AvgIpc) is 3.95. The molecular formula is C57H95GeO. The summed E-state index contributed by atoms with van der Waals surface area (Å²) in [6, 6.07) is 5.95. The summed E-state index contributed by atoms with van der Waals surface area (Å²) in [5.74, 6) is 3.00. The molecule has 0 bridgehead atoms. The average molecular weight is 869 g/mol. The van der Waals surface area contributed by atoms with Crippen LogP contribution in [0.25, 0.3) is 0 Å². The van der Waals surface area contributed by atoms with E-state index in [2.05, 4.69) is 129 Å². The van der Waals surface area contributed by atoms with Gasteiger partial charge in [0.25, 0.3) is 0 Å². The van der Waals surface area contributed by atoms with Crippen LogP contribution in [-0.4, -0.2) is 19.8 Å². The minimum absolute atomic E-state index is 0. The fourth-order valence-electron chi connectivity index (χ4n) is 16.4. The van der Waals surface area contributed by atoms with Gasteiger partial charge in [-0.15, -0.1) is 0 Å². The summed E-state index contributed by atoms with van der Waals surface area (Å²) in [5.41, 5.74) is 17.4. The molecule has 2 aromatic carbocycles. The molecule has 0 amide bonds. The quantitative estimate of drug-likeness (QED) is 0.134. The first-order valence-corrected chi connectivity index (χ1v) is 30.1. The van der Waals surface area contributed by atoms with Crippen LogP contribution in [0.3, 0.4) is 0 Å². The van der Waals surface area contributed by atoms with E-state index in [1.54, 1.807) is 0 Å². The van der Waals surface area contributed by atoms with Gasteiger partial charge in [-0.1, -0.05) is 0 Å². The van der Waals surface area contributed by atoms with E-state index in [4.69, 9.17) is 0 Å². The fraction of sp³-hybridized carbons (Fsp3) is 0.789. The Bertz CT molecular complexity index is 1540. The zero-order chi connectivity index (χ0) is 42.9. The van der Waals surface area contributed by atoms with Crippen LogP contribution in [0.4, 0.5) is 0 Å². The summed E-state index contributed by atoms with van der Waals surface area (Å²) < 4.78 is 4.09. The first kappa shape index (κ1) is 49.0. The van der Waals surface area contributed by atoms with Gasteiger partial charge in [-0.3, -0.25) is 0 Å². The van der Waals surface area contributed by atoms with Gasteiger partial charge in [-0.2, -0.15) is 0 Å². The van der Waals surface area contributed by atoms with E-state index < -0.39 is 14.3 Å². The monoisotopic (exact) mass is 870 g/mol. The van der Waals surface area contributed by atoms with E-state index in [-0.39, 0.29) is 48.8 Å². The van der Waals surface area contributed by atoms with Crippen molar-refractivity contribution in [2.75, 3.05) is 0 Å². The Balaban J connectivity index is 0.00000661. The second kappa shape index (κ2) is 17.1. The Morgan fingerprint density at radius 1 is 0.305 bits per heavy atom. The van der Waals surface area contributed by atoms with Gasteiger partial charge in [0.1, 0.15) is 0 Å². The first-order chi connectivity index (χ1) is 27.7. The van der Waals surface area contributed by atoms with Gasteiger partial charge in [-0.25, -0.2) is 0 Å². The molecular weight excluding hydrogens is 773 g/mol. The third kappa shape index (κ3) is 6.17. The topological polar surface area (TPSA) is 31.5 Å². The molecule has 4 aliphatic carbocycles. The molecule has 2 N–H and O–H groups in total. The standard InChI is InChI=1S/C57H93Ge.H2O/c1-18-50(19-2)36-54(26-9,27-10)44-40(50)34-41-45(55(28-11,29-12)37-51(41,20-3)21-4)48(44)58(17)49-46-42(52(22-5,23-6)38-56(46,30-13)31-14)35-43-47(49)57(32-15,33-16)39-53(43,24-7)25-8;/h34-35H,18-33,36-39H2,1-17H3;1H2. The number of hydrogen-bond acceptors (Lipinski definition) is 0. The Morgan fingerprint density at radius 3 is 0.593 bits per heavy atom. The van der Waals surface area contributed by atoms with Gasteiger partial charge in [0, 0.05) is 0 Å². The number of hydrogen-bond donors (Lipinski definition) is 0. The molecule has 2 aromatic rings. The van der Waals surface area contributed by atoms with Crippen molar-refractivity contribution >= 4 is 23.1 Å². The maximum Gasteiger partial charge on any atom is -0.412 e. The SMILES string of the molecule is CCC1(CC)CC(CC)(CC)c2c1cc1c([c]2[Ge]([CH3])[c]2c3c(cc4c2C(CC)(CC)CC4(CC)CC)C(CC)(CC)CC3(CC)CC)C(CC)(CC)CC1(CC)CC.O. The summed E-state index contributed by atoms with van der Waals surface area (Å²) in [4.78, 5) is 0. The van der Waals surface area contributed by atoms with E-state index in [1.807, 2.05) is 53.3 Å². The van der Waals surface area contributed by atoms with Crippen LogP contribution >= 0.6 is 0 Å². The third-order valence-corrected chi connectivity index (χ3v) is 26.6. The molecule has 0 fully saturated rings.